The van der Waals surface area contributed by atoms with Gasteiger partial charge in [-0.05, 0) is 96.9 Å². The molecule has 0 bridgehead atoms. The standard InChI is InChI=1S/C75H97N19O21S/c1-37(95)62-73(113)90-54(32-43-35-82-46-10-6-5-9-45(43)46)69(109)85-47(17-20-57(77)97)64(104)91-56(36-116-28-23-50(83-38(2)96)66(106)84-48(67(107)93-62)18-21-58(78)98)71(111)87-52(30-39-12-15-44(16-13-39)115-27-26-76)68(108)88-53(31-40-11-14-41-7-3-4-8-42(41)29-40)72(112)94-75(24-25-75)74(114)92-49(19-22-61(101)102)65(105)89-55(34-60(80)100)70(110)86-51(63(81)103)33-59(79)99/h3-16,29,35,37,47-56,62,82,95H,17-28,30-34,36,76H2,1-2H3,(H2,77,97)(H2,78,98)(H2,79,99)(H2,80,100)(H2,81,103)(H,83,96)(H,84,106)(H,85,109)(H,86,110)(H,87,111)(H,88,108)(H,89,105)(H,90,113)(H,91,104)(H,92,114)(H,93,107)(H,94,112)(H,101,102)/t37-,47+,48+,49+,50+,51+,52+,53+,54+,55+,56+,62+/m1/s1. The van der Waals surface area contributed by atoms with Crippen LogP contribution in [0.15, 0.2) is 97.2 Å². The minimum absolute atomic E-state index is 0.107. The molecule has 40 nitrogen and oxygen atoms in total. The molecule has 5 aromatic rings. The van der Waals surface area contributed by atoms with Crippen LogP contribution in [-0.4, -0.2) is 224 Å². The van der Waals surface area contributed by atoms with Gasteiger partial charge in [0.25, 0.3) is 0 Å². The van der Waals surface area contributed by atoms with Crippen LogP contribution >= 0.6 is 11.8 Å². The highest BCUT2D eigenvalue weighted by atomic mass is 32.2. The van der Waals surface area contributed by atoms with Gasteiger partial charge >= 0.3 is 5.97 Å². The minimum Gasteiger partial charge on any atom is -0.492 e. The van der Waals surface area contributed by atoms with E-state index in [0.29, 0.717) is 38.7 Å². The number of carbonyl (C=O) groups is 18. The van der Waals surface area contributed by atoms with E-state index in [2.05, 4.69) is 68.8 Å². The quantitative estimate of drug-likeness (QED) is 0.0176. The molecule has 4 aromatic carbocycles. The zero-order valence-corrected chi connectivity index (χ0v) is 64.2. The monoisotopic (exact) mass is 1630 g/mol. The molecule has 17 amide bonds. The maximum atomic E-state index is 15.5. The van der Waals surface area contributed by atoms with Crippen LogP contribution in [0.25, 0.3) is 21.7 Å². The zero-order valence-electron chi connectivity index (χ0n) is 63.4. The lowest BCUT2D eigenvalue weighted by Gasteiger charge is -2.29. The second-order valence-corrected chi connectivity index (χ2v) is 29.2. The number of aliphatic hydroxyl groups is 1. The first-order valence-electron chi connectivity index (χ1n) is 37.0. The van der Waals surface area contributed by atoms with Crippen LogP contribution in [0.3, 0.4) is 0 Å². The van der Waals surface area contributed by atoms with E-state index in [1.165, 1.54) is 12.1 Å². The molecule has 41 heteroatoms. The van der Waals surface area contributed by atoms with Gasteiger partial charge in [-0.2, -0.15) is 11.8 Å². The highest BCUT2D eigenvalue weighted by Gasteiger charge is 2.53. The molecule has 1 saturated heterocycles. The largest absolute Gasteiger partial charge is 0.492 e. The number of carboxylic acids is 1. The Balaban J connectivity index is 1.27. The predicted molar refractivity (Wildman–Crippen MR) is 416 cm³/mol. The molecule has 2 fully saturated rings. The number of nitrogens with one attached hydrogen (secondary N) is 13. The summed E-state index contributed by atoms with van der Waals surface area (Å²) in [6, 6.07) is 6.07. The molecule has 12 atom stereocenters. The lowest BCUT2D eigenvalue weighted by atomic mass is 9.99. The molecule has 624 valence electrons. The van der Waals surface area contributed by atoms with Crippen molar-refractivity contribution >= 4 is 140 Å². The third kappa shape index (κ3) is 27.8. The van der Waals surface area contributed by atoms with E-state index in [4.69, 9.17) is 39.1 Å². The second kappa shape index (κ2) is 42.9. The van der Waals surface area contributed by atoms with E-state index in [9.17, 15) is 77.3 Å². The highest BCUT2D eigenvalue weighted by molar-refractivity contribution is 7.99. The summed E-state index contributed by atoms with van der Waals surface area (Å²) >= 11 is 0.908. The number of primary amides is 5. The Morgan fingerprint density at radius 2 is 1.14 bits per heavy atom. The molecule has 1 saturated carbocycles. The van der Waals surface area contributed by atoms with E-state index >= 15 is 19.2 Å². The van der Waals surface area contributed by atoms with Gasteiger partial charge in [-0.25, -0.2) is 0 Å². The number of rotatable bonds is 37. The normalized spacial score (nSPS) is 19.5. The Bertz CT molecular complexity index is 4500. The summed E-state index contributed by atoms with van der Waals surface area (Å²) in [6.07, 6.45) is -7.05. The van der Waals surface area contributed by atoms with Gasteiger partial charge in [0.2, 0.25) is 100 Å². The van der Waals surface area contributed by atoms with Crippen molar-refractivity contribution in [1.29, 1.82) is 0 Å². The van der Waals surface area contributed by atoms with Crippen molar-refractivity contribution in [3.63, 3.8) is 0 Å². The molecule has 0 radical (unpaired) electrons. The van der Waals surface area contributed by atoms with Crippen molar-refractivity contribution in [2.24, 2.45) is 34.4 Å². The summed E-state index contributed by atoms with van der Waals surface area (Å²) in [7, 11) is 0. The van der Waals surface area contributed by atoms with Gasteiger partial charge in [-0.1, -0.05) is 72.8 Å². The average molecular weight is 1630 g/mol. The SMILES string of the molecule is CC(=O)N[C@H]1CCSC[C@@H](C(=O)N[C@@H](Cc2ccc(OCCN)cc2)C(=O)N[C@@H](Cc2ccc3ccccc3c2)C(=O)NC2(C(=O)N[C@@H](CCC(=O)O)C(=O)N[C@@H](CC(N)=O)C(=O)N[C@@H](CC(N)=O)C(N)=O)CC2)NC(=O)[C@H](CCC(N)=O)NC(=O)[C@H](Cc2c[nH]c3ccccc23)NC(=O)[C@H]([C@@H](C)O)NC(=O)[C@H](CCC(N)=O)NC1=O. The van der Waals surface area contributed by atoms with Crippen LogP contribution in [0.4, 0.5) is 0 Å². The van der Waals surface area contributed by atoms with Gasteiger partial charge in [0.05, 0.1) is 18.9 Å². The fourth-order valence-electron chi connectivity index (χ4n) is 12.4. The second-order valence-electron chi connectivity index (χ2n) is 28.1. The Morgan fingerprint density at radius 3 is 1.75 bits per heavy atom. The molecule has 2 aliphatic rings. The van der Waals surface area contributed by atoms with Crippen molar-refractivity contribution in [2.45, 2.75) is 182 Å². The molecule has 116 heavy (non-hydrogen) atoms. The van der Waals surface area contributed by atoms with Gasteiger partial charge in [0.15, 0.2) is 0 Å². The van der Waals surface area contributed by atoms with Gasteiger partial charge in [-0.3, -0.25) is 86.3 Å². The Hall–Kier alpha value is -12.8. The number of aliphatic carboxylic acids is 1. The number of nitrogens with two attached hydrogens (primary N) is 6. The molecule has 7 rings (SSSR count). The topological polar surface area (TPSA) is 673 Å². The molecule has 1 aliphatic heterocycles. The van der Waals surface area contributed by atoms with E-state index in [0.717, 1.165) is 31.0 Å². The van der Waals surface area contributed by atoms with Crippen LogP contribution in [0.2, 0.25) is 0 Å². The fraction of sp³-hybridized carbons (Fsp3) is 0.440. The molecule has 1 aliphatic carbocycles. The number of hydrogen-bond donors (Lipinski definition) is 21. The summed E-state index contributed by atoms with van der Waals surface area (Å²) in [6.45, 7) is 2.47. The highest BCUT2D eigenvalue weighted by Crippen LogP contribution is 2.36. The minimum atomic E-state index is -1.92. The molecule has 2 heterocycles. The van der Waals surface area contributed by atoms with Crippen LogP contribution in [0, 0.1) is 0 Å². The lowest BCUT2D eigenvalue weighted by molar-refractivity contribution is -0.139. The first-order chi connectivity index (χ1) is 55.0. The number of fused-ring (bicyclic) bond motifs is 2. The number of amides is 17. The summed E-state index contributed by atoms with van der Waals surface area (Å²) in [4.78, 5) is 250. The number of carboxylic acid groups (broad SMARTS) is 1. The third-order valence-corrected chi connectivity index (χ3v) is 19.9. The summed E-state index contributed by atoms with van der Waals surface area (Å²) in [5, 5.41) is 52.7. The number of ether oxygens (including phenoxy) is 1. The lowest BCUT2D eigenvalue weighted by Crippen LogP contribution is -2.62. The maximum absolute atomic E-state index is 15.5. The first kappa shape index (κ1) is 90.4. The Morgan fingerprint density at radius 1 is 0.586 bits per heavy atom. The van der Waals surface area contributed by atoms with Gasteiger partial charge in [-0.15, -0.1) is 0 Å². The van der Waals surface area contributed by atoms with Crippen molar-refractivity contribution < 1.29 is 101 Å². The number of thioether (sulfide) groups is 1. The summed E-state index contributed by atoms with van der Waals surface area (Å²) < 4.78 is 5.69. The maximum Gasteiger partial charge on any atom is 0.303 e. The number of aliphatic hydroxyl groups excluding tert-OH is 1. The summed E-state index contributed by atoms with van der Waals surface area (Å²) in [5.74, 6) is -20.1. The van der Waals surface area contributed by atoms with Crippen LogP contribution in [-0.2, 0) is 106 Å². The van der Waals surface area contributed by atoms with E-state index in [1.807, 2.05) is 6.07 Å². The van der Waals surface area contributed by atoms with Crippen molar-refractivity contribution in [1.82, 2.24) is 68.8 Å². The number of para-hydroxylation sites is 1. The van der Waals surface area contributed by atoms with Crippen LogP contribution < -0.4 is 103 Å². The number of carbonyl (C=O) groups excluding carboxylic acids is 17. The molecule has 27 N–H and O–H groups in total. The molecular formula is C75H97N19O21S. The Kier molecular flexibility index (Phi) is 33.4. The van der Waals surface area contributed by atoms with Gasteiger partial charge in [0, 0.05) is 74.8 Å². The molecule has 1 aromatic heterocycles. The number of hydrogen-bond acceptors (Lipinski definition) is 22. The number of H-pyrrole nitrogens is 1. The van der Waals surface area contributed by atoms with Gasteiger partial charge in [0.1, 0.15) is 84.4 Å². The van der Waals surface area contributed by atoms with Crippen molar-refractivity contribution in [3.8, 4) is 5.75 Å². The number of aromatic amines is 1. The van der Waals surface area contributed by atoms with Crippen molar-refractivity contribution in [3.05, 3.63) is 114 Å². The molecule has 0 unspecified atom stereocenters. The first-order valence-corrected chi connectivity index (χ1v) is 38.2. The zero-order chi connectivity index (χ0) is 85.1. The van der Waals surface area contributed by atoms with E-state index < -0.39 is 248 Å². The van der Waals surface area contributed by atoms with Crippen LogP contribution in [0.1, 0.15) is 101 Å². The molecule has 0 spiro atoms. The van der Waals surface area contributed by atoms with Gasteiger partial charge < -0.3 is 118 Å². The third-order valence-electron chi connectivity index (χ3n) is 18.8. The summed E-state index contributed by atoms with van der Waals surface area (Å²) in [5.41, 5.74) is 32.7. The smallest absolute Gasteiger partial charge is 0.303 e. The predicted octanol–water partition coefficient (Wildman–Crippen LogP) is -6.16. The van der Waals surface area contributed by atoms with Crippen LogP contribution in [0.5, 0.6) is 5.75 Å². The number of benzene rings is 4. The van der Waals surface area contributed by atoms with E-state index in [1.54, 1.807) is 79.0 Å². The fourth-order valence-corrected chi connectivity index (χ4v) is 13.5. The van der Waals surface area contributed by atoms with E-state index in [-0.39, 0.29) is 51.0 Å². The Labute approximate surface area is 667 Å². The molecular weight excluding hydrogens is 1540 g/mol. The van der Waals surface area contributed by atoms with Crippen molar-refractivity contribution in [2.75, 3.05) is 24.7 Å². The average Bonchev–Trinajstić information content (AvgIpc) is 1.62. The number of aromatic nitrogens is 1.